The monoisotopic (exact) mass is 640 g/mol. The van der Waals surface area contributed by atoms with E-state index in [-0.39, 0.29) is 11.8 Å². The van der Waals surface area contributed by atoms with Gasteiger partial charge in [0.2, 0.25) is 0 Å². The molecule has 0 unspecified atom stereocenters. The summed E-state index contributed by atoms with van der Waals surface area (Å²) in [6, 6.07) is 26.3. The smallest absolute Gasteiger partial charge is 0.185 e. The highest BCUT2D eigenvalue weighted by Crippen LogP contribution is 2.50. The van der Waals surface area contributed by atoms with Crippen molar-refractivity contribution in [3.63, 3.8) is 0 Å². The van der Waals surface area contributed by atoms with Crippen LogP contribution in [0.1, 0.15) is 45.7 Å². The molecule has 0 N–H and O–H groups in total. The molecule has 0 spiro atoms. The second kappa shape index (κ2) is 11.7. The first kappa shape index (κ1) is 31.2. The van der Waals surface area contributed by atoms with Crippen molar-refractivity contribution in [3.05, 3.63) is 107 Å². The van der Waals surface area contributed by atoms with Crippen LogP contribution < -0.4 is 29.4 Å². The van der Waals surface area contributed by atoms with Gasteiger partial charge in [0.25, 0.3) is 0 Å². The number of hydrogen-bond donors (Lipinski definition) is 0. The fourth-order valence-corrected chi connectivity index (χ4v) is 7.01. The second-order valence-corrected chi connectivity index (χ2v) is 13.7. The zero-order valence-corrected chi connectivity index (χ0v) is 29.6. The minimum absolute atomic E-state index is 0.213. The summed E-state index contributed by atoms with van der Waals surface area (Å²) in [6.07, 6.45) is 0. The lowest BCUT2D eigenvalue weighted by Gasteiger charge is -2.36. The van der Waals surface area contributed by atoms with Gasteiger partial charge in [-0.1, -0.05) is 24.3 Å². The van der Waals surface area contributed by atoms with E-state index in [0.29, 0.717) is 11.6 Å². The van der Waals surface area contributed by atoms with Gasteiger partial charge >= 0.3 is 0 Å². The van der Waals surface area contributed by atoms with Gasteiger partial charge in [-0.3, -0.25) is 0 Å². The molecular weight excluding hydrogens is 596 g/mol. The van der Waals surface area contributed by atoms with Gasteiger partial charge in [0.1, 0.15) is 0 Å². The van der Waals surface area contributed by atoms with Gasteiger partial charge in [0.05, 0.1) is 11.8 Å². The number of anilines is 8. The topological polar surface area (TPSA) is 71.0 Å². The molecule has 0 fully saturated rings. The molecule has 7 rings (SSSR count). The first-order chi connectivity index (χ1) is 22.9. The Morgan fingerprint density at radius 2 is 0.625 bits per heavy atom. The van der Waals surface area contributed by atoms with Crippen LogP contribution in [-0.4, -0.2) is 90.9 Å². The Morgan fingerprint density at radius 1 is 0.396 bits per heavy atom. The van der Waals surface area contributed by atoms with Crippen LogP contribution in [0.3, 0.4) is 0 Å². The molecule has 0 aliphatic carbocycles. The molecule has 3 heterocycles. The molecule has 0 saturated heterocycles. The molecule has 2 aliphatic rings. The molecule has 2 aliphatic heterocycles. The molecule has 1 aromatic heterocycles. The van der Waals surface area contributed by atoms with Crippen LogP contribution in [-0.2, 0) is 0 Å². The van der Waals surface area contributed by atoms with E-state index in [4.69, 9.17) is 20.4 Å². The molecule has 48 heavy (non-hydrogen) atoms. The zero-order valence-electron chi connectivity index (χ0n) is 29.6. The number of nitrogens with zero attached hydrogens (tertiary/aromatic N) is 10. The van der Waals surface area contributed by atoms with Gasteiger partial charge in [0, 0.05) is 116 Å². The molecule has 5 aromatic rings. The van der Waals surface area contributed by atoms with E-state index in [1.54, 1.807) is 0 Å². The third-order valence-electron chi connectivity index (χ3n) is 9.84. The Bertz CT molecular complexity index is 1740. The van der Waals surface area contributed by atoms with E-state index in [2.05, 4.69) is 173 Å². The highest BCUT2D eigenvalue weighted by molar-refractivity contribution is 5.83. The molecule has 0 saturated carbocycles. The first-order valence-electron chi connectivity index (χ1n) is 16.2. The summed E-state index contributed by atoms with van der Waals surface area (Å²) in [5.74, 6) is 0.748. The molecule has 10 heteroatoms. The molecule has 246 valence electrons. The van der Waals surface area contributed by atoms with Gasteiger partial charge < -0.3 is 29.4 Å². The van der Waals surface area contributed by atoms with Crippen molar-refractivity contribution in [2.24, 2.45) is 0 Å². The maximum atomic E-state index is 4.88. The first-order valence-corrected chi connectivity index (χ1v) is 16.2. The summed E-state index contributed by atoms with van der Waals surface area (Å²) in [7, 11) is 20.8. The summed E-state index contributed by atoms with van der Waals surface area (Å²) in [4.78, 5) is 13.1. The lowest BCUT2D eigenvalue weighted by Crippen LogP contribution is -2.27. The van der Waals surface area contributed by atoms with E-state index in [9.17, 15) is 0 Å². The van der Waals surface area contributed by atoms with Crippen molar-refractivity contribution < 1.29 is 0 Å². The average Bonchev–Trinajstić information content (AvgIpc) is 3.08. The normalized spacial score (nSPS) is 13.8. The minimum Gasteiger partial charge on any atom is -0.378 e. The number of rotatable bonds is 6. The lowest BCUT2D eigenvalue weighted by molar-refractivity contribution is 0.668. The summed E-state index contributed by atoms with van der Waals surface area (Å²) in [5.41, 5.74) is 13.5. The molecule has 0 amide bonds. The molecule has 0 atom stereocenters. The Labute approximate surface area is 283 Å². The SMILES string of the molecule is CN(C)c1ccc2c(c1)N(C)c1cc(N(C)C)ccc1C2c1nnc(C2c3ccc(N(C)C)cc3N(C)c3cc(N(C)C)ccc32)nn1. The van der Waals surface area contributed by atoms with Gasteiger partial charge in [-0.25, -0.2) is 0 Å². The van der Waals surface area contributed by atoms with Crippen molar-refractivity contribution in [1.82, 2.24) is 20.4 Å². The van der Waals surface area contributed by atoms with Crippen LogP contribution >= 0.6 is 0 Å². The number of hydrogen-bond acceptors (Lipinski definition) is 10. The fraction of sp³-hybridized carbons (Fsp3) is 0.316. The van der Waals surface area contributed by atoms with Crippen molar-refractivity contribution in [2.45, 2.75) is 11.8 Å². The third kappa shape index (κ3) is 5.03. The standard InChI is InChI=1S/C38H44N10/c1-43(2)23-11-15-27-31(19-23)47(9)32-20-24(44(3)4)12-16-28(32)35(27)37-39-41-38(42-40-37)36-29-17-13-25(45(5)6)21-33(29)48(10)34-22-26(46(7)8)14-18-30(34)36/h11-22,35-36H,1-10H3. The van der Waals surface area contributed by atoms with Crippen LogP contribution in [0.5, 0.6) is 0 Å². The molecule has 0 radical (unpaired) electrons. The largest absolute Gasteiger partial charge is 0.378 e. The Hall–Kier alpha value is -5.38. The van der Waals surface area contributed by atoms with Crippen LogP contribution in [0.4, 0.5) is 45.5 Å². The Morgan fingerprint density at radius 3 is 0.833 bits per heavy atom. The van der Waals surface area contributed by atoms with Gasteiger partial charge in [-0.2, -0.15) is 0 Å². The van der Waals surface area contributed by atoms with Crippen LogP contribution in [0, 0.1) is 0 Å². The van der Waals surface area contributed by atoms with Crippen molar-refractivity contribution in [3.8, 4) is 0 Å². The summed E-state index contributed by atoms with van der Waals surface area (Å²) >= 11 is 0. The van der Waals surface area contributed by atoms with Crippen molar-refractivity contribution >= 4 is 45.5 Å². The third-order valence-corrected chi connectivity index (χ3v) is 9.84. The summed E-state index contributed by atoms with van der Waals surface area (Å²) in [6.45, 7) is 0. The van der Waals surface area contributed by atoms with Gasteiger partial charge in [-0.05, 0) is 70.8 Å². The lowest BCUT2D eigenvalue weighted by atomic mass is 9.83. The second-order valence-electron chi connectivity index (χ2n) is 13.7. The summed E-state index contributed by atoms with van der Waals surface area (Å²) < 4.78 is 0. The van der Waals surface area contributed by atoms with E-state index in [1.807, 2.05) is 0 Å². The summed E-state index contributed by atoms with van der Waals surface area (Å²) in [5, 5.41) is 19.5. The molecular formula is C38H44N10. The maximum Gasteiger partial charge on any atom is 0.185 e. The Kier molecular flexibility index (Phi) is 7.61. The maximum absolute atomic E-state index is 4.88. The van der Waals surface area contributed by atoms with Crippen LogP contribution in [0.15, 0.2) is 72.8 Å². The van der Waals surface area contributed by atoms with E-state index >= 15 is 0 Å². The van der Waals surface area contributed by atoms with Crippen molar-refractivity contribution in [2.75, 3.05) is 99.9 Å². The van der Waals surface area contributed by atoms with Gasteiger partial charge in [0.15, 0.2) is 11.6 Å². The number of fused-ring (bicyclic) bond motifs is 4. The van der Waals surface area contributed by atoms with Crippen LogP contribution in [0.25, 0.3) is 0 Å². The van der Waals surface area contributed by atoms with E-state index < -0.39 is 0 Å². The van der Waals surface area contributed by atoms with Crippen LogP contribution in [0.2, 0.25) is 0 Å². The Balaban J connectivity index is 1.36. The molecule has 0 bridgehead atoms. The molecule has 4 aromatic carbocycles. The number of aromatic nitrogens is 4. The zero-order chi connectivity index (χ0) is 34.0. The molecule has 10 nitrogen and oxygen atoms in total. The number of benzene rings is 4. The van der Waals surface area contributed by atoms with Crippen molar-refractivity contribution in [1.29, 1.82) is 0 Å². The average molecular weight is 641 g/mol. The predicted molar refractivity (Wildman–Crippen MR) is 199 cm³/mol. The fourth-order valence-electron chi connectivity index (χ4n) is 7.01. The quantitative estimate of drug-likeness (QED) is 0.219. The predicted octanol–water partition coefficient (Wildman–Crippen LogP) is 6.05. The van der Waals surface area contributed by atoms with E-state index in [1.165, 1.54) is 0 Å². The van der Waals surface area contributed by atoms with Gasteiger partial charge in [-0.15, -0.1) is 20.4 Å². The minimum atomic E-state index is -0.213. The van der Waals surface area contributed by atoms with E-state index in [0.717, 1.165) is 67.8 Å². The highest BCUT2D eigenvalue weighted by Gasteiger charge is 2.36. The highest BCUT2D eigenvalue weighted by atomic mass is 15.3.